The first-order valence-corrected chi connectivity index (χ1v) is 19.6. The van der Waals surface area contributed by atoms with Crippen molar-refractivity contribution in [2.75, 3.05) is 24.7 Å². The van der Waals surface area contributed by atoms with Crippen LogP contribution in [0.1, 0.15) is 51.6 Å². The molecule has 5 aromatic rings. The number of hydrogen-bond acceptors (Lipinski definition) is 9. The summed E-state index contributed by atoms with van der Waals surface area (Å²) in [5.74, 6) is 1.20. The van der Waals surface area contributed by atoms with E-state index in [-0.39, 0.29) is 37.6 Å². The molecule has 0 aliphatic carbocycles. The second-order valence-corrected chi connectivity index (χ2v) is 14.8. The van der Waals surface area contributed by atoms with Crippen LogP contribution in [0.4, 0.5) is 15.3 Å². The number of fused-ring (bicyclic) bond motifs is 3. The van der Waals surface area contributed by atoms with Crippen molar-refractivity contribution < 1.29 is 43.7 Å². The molecule has 0 unspecified atom stereocenters. The van der Waals surface area contributed by atoms with Crippen LogP contribution in [0.5, 0.6) is 5.75 Å². The van der Waals surface area contributed by atoms with Crippen LogP contribution in [0, 0.1) is 17.8 Å². The molecule has 5 aromatic carbocycles. The summed E-state index contributed by atoms with van der Waals surface area (Å²) >= 11 is 0. The number of esters is 1. The van der Waals surface area contributed by atoms with Crippen molar-refractivity contribution in [2.24, 2.45) is 11.7 Å². The zero-order valence-corrected chi connectivity index (χ0v) is 32.6. The number of carbonyl (C=O) groups excluding carboxylic acids is 4. The molecule has 2 saturated heterocycles. The van der Waals surface area contributed by atoms with Crippen molar-refractivity contribution in [3.05, 3.63) is 167 Å². The number of morpholine rings is 1. The Labute approximate surface area is 350 Å². The number of nitrogens with two attached hydrogens (primary N) is 1. The van der Waals surface area contributed by atoms with Crippen molar-refractivity contribution in [2.45, 2.75) is 36.2 Å². The second kappa shape index (κ2) is 17.0. The summed E-state index contributed by atoms with van der Waals surface area (Å²) < 4.78 is 12.0. The number of imide groups is 1. The van der Waals surface area contributed by atoms with Crippen molar-refractivity contribution in [1.82, 2.24) is 15.5 Å². The molecule has 0 aromatic heterocycles. The second-order valence-electron chi connectivity index (χ2n) is 14.8. The third-order valence-electron chi connectivity index (χ3n) is 11.4. The van der Waals surface area contributed by atoms with E-state index in [1.54, 1.807) is 41.3 Å². The fourth-order valence-electron chi connectivity index (χ4n) is 9.01. The number of aliphatic hydroxyl groups is 1. The first kappa shape index (κ1) is 40.3. The largest absolute Gasteiger partial charge is 0.491 e. The Morgan fingerprint density at radius 2 is 1.46 bits per heavy atom. The van der Waals surface area contributed by atoms with Gasteiger partial charge in [0, 0.05) is 12.1 Å². The van der Waals surface area contributed by atoms with Crippen molar-refractivity contribution in [3.63, 3.8) is 0 Å². The highest BCUT2D eigenvalue weighted by Crippen LogP contribution is 2.65. The average molecular weight is 820 g/mol. The Balaban J connectivity index is 1.39. The average Bonchev–Trinajstić information content (AvgIpc) is 3.74. The maximum Gasteiger partial charge on any atom is 0.329 e. The van der Waals surface area contributed by atoms with E-state index in [1.165, 1.54) is 6.07 Å². The highest BCUT2D eigenvalue weighted by Gasteiger charge is 2.76. The summed E-state index contributed by atoms with van der Waals surface area (Å²) in [5, 5.41) is 26.2. The SMILES string of the molecule is NC(=O)NCC#Cc1ccc2c(c1)[C@]1(C(=O)N2C(=O)NCc2ccccc2)[C@H](c2ccc(OCCO)cc2)N2[C@H](c3ccccc3)[C@H](c3ccccc3)OC(=O)[C@H]2[C@@H]1C(=O)O. The number of cyclic esters (lactones) is 1. The summed E-state index contributed by atoms with van der Waals surface area (Å²) in [6.07, 6.45) is -0.956. The van der Waals surface area contributed by atoms with Gasteiger partial charge in [-0.3, -0.25) is 19.3 Å². The summed E-state index contributed by atoms with van der Waals surface area (Å²) in [6.45, 7) is -0.265. The fraction of sp³-hybridized carbons (Fsp3) is 0.213. The van der Waals surface area contributed by atoms with Gasteiger partial charge in [0.05, 0.1) is 30.9 Å². The normalized spacial score (nSPS) is 22.6. The third kappa shape index (κ3) is 7.30. The Hall–Kier alpha value is -7.47. The molecule has 3 aliphatic rings. The fourth-order valence-corrected chi connectivity index (χ4v) is 9.01. The van der Waals surface area contributed by atoms with E-state index >= 15 is 4.79 Å². The third-order valence-corrected chi connectivity index (χ3v) is 11.4. The molecule has 14 nitrogen and oxygen atoms in total. The van der Waals surface area contributed by atoms with E-state index in [4.69, 9.17) is 15.2 Å². The predicted octanol–water partition coefficient (Wildman–Crippen LogP) is 4.74. The van der Waals surface area contributed by atoms with Crippen LogP contribution in [0.25, 0.3) is 0 Å². The minimum absolute atomic E-state index is 0.0143. The quantitative estimate of drug-likeness (QED) is 0.0969. The number of hydrogen-bond donors (Lipinski definition) is 5. The molecule has 61 heavy (non-hydrogen) atoms. The van der Waals surface area contributed by atoms with E-state index in [0.29, 0.717) is 28.0 Å². The Kier molecular flexibility index (Phi) is 11.2. The number of nitrogens with zero attached hydrogens (tertiary/aromatic N) is 2. The predicted molar refractivity (Wildman–Crippen MR) is 222 cm³/mol. The number of rotatable bonds is 10. The summed E-state index contributed by atoms with van der Waals surface area (Å²) in [7, 11) is 0. The van der Waals surface area contributed by atoms with Crippen LogP contribution in [-0.4, -0.2) is 70.8 Å². The standard InChI is InChI=1S/C47H41N5O9/c48-45(58)49-24-10-13-29-18-23-36-35(27-29)47(44(57)51(36)46(59)50-28-30-11-4-1-5-12-30)37(42(54)55)39-43(56)61-40(32-16-8-3-9-17-32)38(31-14-6-2-7-15-31)52(39)41(47)33-19-21-34(22-20-33)60-26-25-53/h1-9,11-12,14-23,27,37-41,53H,24-26,28H2,(H,50,59)(H,54,55)(H3,48,49,58)/t37-,38-,39-,40+,41+,47-/m1/s1. The highest BCUT2D eigenvalue weighted by atomic mass is 16.6. The number of primary amides is 1. The Morgan fingerprint density at radius 1 is 0.803 bits per heavy atom. The number of carboxylic acids is 1. The molecule has 3 heterocycles. The Bertz CT molecular complexity index is 2530. The van der Waals surface area contributed by atoms with Gasteiger partial charge < -0.3 is 36.1 Å². The smallest absolute Gasteiger partial charge is 0.329 e. The lowest BCUT2D eigenvalue weighted by Crippen LogP contribution is -2.54. The van der Waals surface area contributed by atoms with Crippen molar-refractivity contribution >= 4 is 35.6 Å². The maximum absolute atomic E-state index is 15.9. The maximum atomic E-state index is 15.9. The van der Waals surface area contributed by atoms with E-state index in [0.717, 1.165) is 10.5 Å². The topological polar surface area (TPSA) is 201 Å². The minimum Gasteiger partial charge on any atom is -0.491 e. The molecule has 6 atom stereocenters. The molecule has 3 aliphatic heterocycles. The van der Waals surface area contributed by atoms with Crippen molar-refractivity contribution in [1.29, 1.82) is 0 Å². The number of carbonyl (C=O) groups is 5. The first-order chi connectivity index (χ1) is 29.6. The van der Waals surface area contributed by atoms with E-state index in [9.17, 15) is 29.4 Å². The number of ether oxygens (including phenoxy) is 2. The molecule has 6 N–H and O–H groups in total. The van der Waals surface area contributed by atoms with Crippen molar-refractivity contribution in [3.8, 4) is 17.6 Å². The number of urea groups is 2. The molecule has 0 radical (unpaired) electrons. The number of anilines is 1. The zero-order chi connectivity index (χ0) is 42.7. The molecule has 14 heteroatoms. The molecular formula is C47H41N5O9. The summed E-state index contributed by atoms with van der Waals surface area (Å²) in [4.78, 5) is 73.5. The van der Waals surface area contributed by atoms with E-state index < -0.39 is 65.5 Å². The molecule has 5 amide bonds. The molecule has 8 rings (SSSR count). The van der Waals surface area contributed by atoms with Gasteiger partial charge in [0.1, 0.15) is 35.8 Å². The van der Waals surface area contributed by atoms with E-state index in [2.05, 4.69) is 22.5 Å². The van der Waals surface area contributed by atoms with Gasteiger partial charge in [-0.05, 0) is 58.1 Å². The lowest BCUT2D eigenvalue weighted by Gasteiger charge is -2.46. The van der Waals surface area contributed by atoms with Crippen LogP contribution in [0.15, 0.2) is 133 Å². The number of aliphatic hydroxyl groups excluding tert-OH is 1. The number of amides is 5. The number of aliphatic carboxylic acids is 1. The summed E-state index contributed by atoms with van der Waals surface area (Å²) in [5.41, 5.74) is 6.23. The van der Waals surface area contributed by atoms with Gasteiger partial charge in [-0.15, -0.1) is 0 Å². The number of nitrogens with one attached hydrogen (secondary N) is 2. The van der Waals surface area contributed by atoms with Gasteiger partial charge in [-0.25, -0.2) is 14.5 Å². The molecule has 2 fully saturated rings. The lowest BCUT2D eigenvalue weighted by atomic mass is 9.65. The number of carboxylic acid groups (broad SMARTS) is 1. The van der Waals surface area contributed by atoms with Gasteiger partial charge in [0.25, 0.3) is 0 Å². The molecular weight excluding hydrogens is 779 g/mol. The van der Waals surface area contributed by atoms with Crippen LogP contribution in [0.3, 0.4) is 0 Å². The van der Waals surface area contributed by atoms with Crippen LogP contribution in [-0.2, 0) is 31.1 Å². The minimum atomic E-state index is -2.16. The molecule has 308 valence electrons. The van der Waals surface area contributed by atoms with E-state index in [1.807, 2.05) is 91.0 Å². The Morgan fingerprint density at radius 3 is 2.10 bits per heavy atom. The monoisotopic (exact) mass is 819 g/mol. The van der Waals surface area contributed by atoms with Crippen LogP contribution in [0.2, 0.25) is 0 Å². The van der Waals surface area contributed by atoms with Crippen LogP contribution < -0.4 is 26.0 Å². The molecule has 0 saturated carbocycles. The van der Waals surface area contributed by atoms with Crippen LogP contribution >= 0.6 is 0 Å². The zero-order valence-electron chi connectivity index (χ0n) is 32.6. The van der Waals surface area contributed by atoms with Gasteiger partial charge in [0.15, 0.2) is 0 Å². The first-order valence-electron chi connectivity index (χ1n) is 19.6. The van der Waals surface area contributed by atoms with Gasteiger partial charge in [-0.1, -0.05) is 115 Å². The highest BCUT2D eigenvalue weighted by molar-refractivity contribution is 6.24. The van der Waals surface area contributed by atoms with Gasteiger partial charge in [-0.2, -0.15) is 0 Å². The van der Waals surface area contributed by atoms with Gasteiger partial charge >= 0.3 is 24.0 Å². The lowest BCUT2D eigenvalue weighted by molar-refractivity contribution is -0.179. The number of benzene rings is 5. The molecule has 0 bridgehead atoms. The van der Waals surface area contributed by atoms with Gasteiger partial charge in [0.2, 0.25) is 5.91 Å². The summed E-state index contributed by atoms with van der Waals surface area (Å²) in [6, 6.07) is 33.6. The molecule has 1 spiro atoms.